The van der Waals surface area contributed by atoms with Crippen molar-refractivity contribution in [2.45, 2.75) is 46.6 Å². The molecule has 0 fully saturated rings. The van der Waals surface area contributed by atoms with Crippen LogP contribution in [0.1, 0.15) is 45.0 Å². The van der Waals surface area contributed by atoms with Crippen LogP contribution in [-0.4, -0.2) is 59.9 Å². The minimum absolute atomic E-state index is 0.0865. The minimum atomic E-state index is -3.47. The van der Waals surface area contributed by atoms with Crippen LogP contribution in [0.15, 0.2) is 115 Å². The molecule has 50 heavy (non-hydrogen) atoms. The average Bonchev–Trinajstić information content (AvgIpc) is 3.76. The molecule has 0 bridgehead atoms. The summed E-state index contributed by atoms with van der Waals surface area (Å²) in [5.41, 5.74) is 8.31. The van der Waals surface area contributed by atoms with Crippen LogP contribution in [0.25, 0.3) is 5.57 Å². The Balaban J connectivity index is 1.35. The summed E-state index contributed by atoms with van der Waals surface area (Å²) in [5.74, 6) is 0.469. The van der Waals surface area contributed by atoms with Crippen molar-refractivity contribution < 1.29 is 18.1 Å². The molecule has 0 amide bonds. The van der Waals surface area contributed by atoms with Gasteiger partial charge in [0.2, 0.25) is 5.88 Å². The number of nitrogens with zero attached hydrogens (tertiary/aromatic N) is 7. The van der Waals surface area contributed by atoms with E-state index in [0.29, 0.717) is 50.0 Å². The first-order valence-corrected chi connectivity index (χ1v) is 16.7. The Bertz CT molecular complexity index is 2030. The van der Waals surface area contributed by atoms with Crippen LogP contribution >= 0.6 is 0 Å². The molecule has 2 aliphatic heterocycles. The van der Waals surface area contributed by atoms with Gasteiger partial charge in [-0.05, 0) is 86.0 Å². The smallest absolute Gasteiger partial charge is 0.482 e. The van der Waals surface area contributed by atoms with Gasteiger partial charge >= 0.3 is 6.17 Å². The first-order valence-electron chi connectivity index (χ1n) is 16.7. The van der Waals surface area contributed by atoms with Crippen molar-refractivity contribution >= 4 is 11.4 Å². The van der Waals surface area contributed by atoms with E-state index in [1.807, 2.05) is 85.2 Å². The highest BCUT2D eigenvalue weighted by Gasteiger charge is 2.58. The van der Waals surface area contributed by atoms with Crippen LogP contribution in [0, 0.1) is 20.8 Å². The molecule has 0 aliphatic carbocycles. The van der Waals surface area contributed by atoms with Crippen LogP contribution in [-0.2, 0) is 25.8 Å². The molecular weight excluding hydrogens is 632 g/mol. The first-order chi connectivity index (χ1) is 24.2. The van der Waals surface area contributed by atoms with E-state index in [1.54, 1.807) is 30.7 Å². The number of alkyl halides is 2. The van der Waals surface area contributed by atoms with Crippen LogP contribution in [0.4, 0.5) is 8.78 Å². The number of ether oxygens (including phenoxy) is 1. The monoisotopic (exact) mass is 672 g/mol. The lowest BCUT2D eigenvalue weighted by atomic mass is 9.89. The fraction of sp³-hybridized carbons (Fsp3) is 0.250. The maximum absolute atomic E-state index is 17.2. The molecule has 0 N–H and O–H groups in total. The fourth-order valence-electron chi connectivity index (χ4n) is 7.14. The third-order valence-electron chi connectivity index (χ3n) is 9.20. The van der Waals surface area contributed by atoms with Gasteiger partial charge in [0.1, 0.15) is 12.2 Å². The van der Waals surface area contributed by atoms with Gasteiger partial charge in [0.05, 0.1) is 42.0 Å². The molecule has 10 heteroatoms. The molecule has 1 aromatic carbocycles. The summed E-state index contributed by atoms with van der Waals surface area (Å²) >= 11 is 0. The summed E-state index contributed by atoms with van der Waals surface area (Å²) in [5, 5.41) is 0. The largest absolute Gasteiger partial charge is 0.500 e. The summed E-state index contributed by atoms with van der Waals surface area (Å²) < 4.78 is 42.9. The number of pyridine rings is 3. The lowest BCUT2D eigenvalue weighted by Crippen LogP contribution is -2.50. The van der Waals surface area contributed by atoms with Crippen LogP contribution < -0.4 is 4.74 Å². The van der Waals surface area contributed by atoms with Crippen molar-refractivity contribution in [3.05, 3.63) is 160 Å². The van der Waals surface area contributed by atoms with Gasteiger partial charge in [-0.15, -0.1) is 13.7 Å². The lowest BCUT2D eigenvalue weighted by Gasteiger charge is -2.34. The Morgan fingerprint density at radius 1 is 0.780 bits per heavy atom. The number of aromatic nitrogens is 4. The number of aryl methyl sites for hydroxylation is 3. The molecule has 5 aromatic rings. The van der Waals surface area contributed by atoms with Gasteiger partial charge in [0, 0.05) is 50.4 Å². The maximum Gasteiger partial charge on any atom is 0.500 e. The van der Waals surface area contributed by atoms with E-state index in [4.69, 9.17) is 4.74 Å². The standard InChI is InChI=1S/C40H40F2N7O/c1-28-23-29(2)38(30(3)24-28)39-34-14-16-36(48(34)40(41,42)49-35(39)15-17-37(49)50-4)47(27-33-13-7-10-20-45-33)22-21-46(25-31-11-5-8-18-43-31)26-32-12-6-9-19-44-32/h5-20,23-24H,21-22,25-27H2,1-4H3/q+1. The Hall–Kier alpha value is -5.48. The van der Waals surface area contributed by atoms with Gasteiger partial charge in [0.25, 0.3) is 5.84 Å². The fourth-order valence-corrected chi connectivity index (χ4v) is 7.14. The molecule has 0 radical (unpaired) electrons. The summed E-state index contributed by atoms with van der Waals surface area (Å²) in [7, 11) is 1.43. The normalized spacial score (nSPS) is 15.8. The van der Waals surface area contributed by atoms with Crippen molar-refractivity contribution in [2.24, 2.45) is 0 Å². The number of benzene rings is 1. The molecule has 8 nitrogen and oxygen atoms in total. The second kappa shape index (κ2) is 13.8. The third kappa shape index (κ3) is 6.34. The van der Waals surface area contributed by atoms with Crippen LogP contribution in [0.3, 0.4) is 0 Å². The highest BCUT2D eigenvalue weighted by Crippen LogP contribution is 2.49. The SMILES string of the molecule is COc1ccc2n1C(F)(F)N1C(=C2c2c(C)cc(C)cc2C)C=CC1=[N+](CCN(Cc1ccccn1)Cc1ccccn1)Cc1ccccn1. The summed E-state index contributed by atoms with van der Waals surface area (Å²) in [6.45, 7) is 8.60. The number of hydrogen-bond donors (Lipinski definition) is 0. The zero-order valence-corrected chi connectivity index (χ0v) is 28.7. The lowest BCUT2D eigenvalue weighted by molar-refractivity contribution is -0.550. The summed E-state index contributed by atoms with van der Waals surface area (Å²) in [6, 6.07) is 25.0. The van der Waals surface area contributed by atoms with Gasteiger partial charge in [-0.2, -0.15) is 0 Å². The number of amidine groups is 1. The Morgan fingerprint density at radius 2 is 1.38 bits per heavy atom. The van der Waals surface area contributed by atoms with Crippen molar-refractivity contribution in [2.75, 3.05) is 20.2 Å². The summed E-state index contributed by atoms with van der Waals surface area (Å²) in [4.78, 5) is 17.1. The average molecular weight is 673 g/mol. The molecule has 254 valence electrons. The molecular formula is C40H40F2N7O+. The van der Waals surface area contributed by atoms with E-state index in [0.717, 1.165) is 49.5 Å². The van der Waals surface area contributed by atoms with Crippen molar-refractivity contribution in [3.8, 4) is 5.88 Å². The van der Waals surface area contributed by atoms with Crippen LogP contribution in [0.2, 0.25) is 0 Å². The van der Waals surface area contributed by atoms with Crippen LogP contribution in [0.5, 0.6) is 5.88 Å². The Morgan fingerprint density at radius 3 is 1.94 bits per heavy atom. The molecule has 0 spiro atoms. The molecule has 7 rings (SSSR count). The second-order valence-electron chi connectivity index (χ2n) is 12.8. The third-order valence-corrected chi connectivity index (χ3v) is 9.20. The minimum Gasteiger partial charge on any atom is -0.482 e. The Labute approximate surface area is 291 Å². The van der Waals surface area contributed by atoms with E-state index in [1.165, 1.54) is 12.0 Å². The quantitative estimate of drug-likeness (QED) is 0.111. The predicted molar refractivity (Wildman–Crippen MR) is 189 cm³/mol. The van der Waals surface area contributed by atoms with E-state index in [2.05, 4.69) is 38.9 Å². The number of methoxy groups -OCH3 is 1. The van der Waals surface area contributed by atoms with E-state index in [-0.39, 0.29) is 5.88 Å². The molecule has 0 atom stereocenters. The molecule has 6 heterocycles. The maximum atomic E-state index is 17.2. The van der Waals surface area contributed by atoms with Gasteiger partial charge < -0.3 is 4.74 Å². The number of rotatable bonds is 11. The van der Waals surface area contributed by atoms with Gasteiger partial charge in [-0.25, -0.2) is 4.57 Å². The molecule has 0 saturated heterocycles. The topological polar surface area (TPSA) is 62.3 Å². The van der Waals surface area contributed by atoms with E-state index >= 15 is 8.78 Å². The zero-order valence-electron chi connectivity index (χ0n) is 28.7. The first kappa shape index (κ1) is 33.0. The van der Waals surface area contributed by atoms with E-state index in [9.17, 15) is 0 Å². The van der Waals surface area contributed by atoms with Gasteiger partial charge in [0.15, 0.2) is 0 Å². The molecule has 0 saturated carbocycles. The molecule has 2 aliphatic rings. The Kier molecular flexibility index (Phi) is 9.12. The van der Waals surface area contributed by atoms with Gasteiger partial charge in [-0.3, -0.25) is 24.4 Å². The van der Waals surface area contributed by atoms with Crippen molar-refractivity contribution in [3.63, 3.8) is 0 Å². The highest BCUT2D eigenvalue weighted by molar-refractivity contribution is 6.00. The number of allylic oxidation sites excluding steroid dienone is 1. The molecule has 4 aromatic heterocycles. The number of hydrogen-bond acceptors (Lipinski definition) is 5. The molecule has 0 unspecified atom stereocenters. The second-order valence-corrected chi connectivity index (χ2v) is 12.8. The van der Waals surface area contributed by atoms with E-state index < -0.39 is 6.17 Å². The number of fused-ring (bicyclic) bond motifs is 2. The zero-order chi connectivity index (χ0) is 34.8. The predicted octanol–water partition coefficient (Wildman–Crippen LogP) is 7.07. The van der Waals surface area contributed by atoms with Crippen molar-refractivity contribution in [1.82, 2.24) is 29.3 Å². The highest BCUT2D eigenvalue weighted by atomic mass is 19.3. The van der Waals surface area contributed by atoms with Gasteiger partial charge in [-0.1, -0.05) is 35.9 Å². The number of halogens is 2. The summed E-state index contributed by atoms with van der Waals surface area (Å²) in [6.07, 6.45) is 5.46. The van der Waals surface area contributed by atoms with Crippen molar-refractivity contribution in [1.29, 1.82) is 0 Å².